The van der Waals surface area contributed by atoms with E-state index in [1.807, 2.05) is 25.1 Å². The molecule has 2 amide bonds. The maximum absolute atomic E-state index is 12.7. The first-order valence-corrected chi connectivity index (χ1v) is 9.04. The summed E-state index contributed by atoms with van der Waals surface area (Å²) in [5.41, 5.74) is 1.83. The van der Waals surface area contributed by atoms with Crippen LogP contribution in [0.15, 0.2) is 18.2 Å². The predicted molar refractivity (Wildman–Crippen MR) is 105 cm³/mol. The molecule has 2 rings (SSSR count). The van der Waals surface area contributed by atoms with Gasteiger partial charge in [-0.25, -0.2) is 0 Å². The van der Waals surface area contributed by atoms with E-state index in [0.29, 0.717) is 43.2 Å². The average molecular weight is 389 g/mol. The molecular formula is C20H27N3O5. The molecule has 0 radical (unpaired) electrons. The molecule has 1 aliphatic heterocycles. The van der Waals surface area contributed by atoms with Gasteiger partial charge in [0.1, 0.15) is 18.9 Å². The maximum Gasteiger partial charge on any atom is 0.261 e. The summed E-state index contributed by atoms with van der Waals surface area (Å²) in [6.07, 6.45) is 2.56. The topological polar surface area (TPSA) is 104 Å². The van der Waals surface area contributed by atoms with Crippen molar-refractivity contribution in [2.75, 3.05) is 32.1 Å². The summed E-state index contributed by atoms with van der Waals surface area (Å²) >= 11 is 0. The molecular weight excluding hydrogens is 362 g/mol. The van der Waals surface area contributed by atoms with Crippen molar-refractivity contribution in [2.24, 2.45) is 5.92 Å². The first kappa shape index (κ1) is 23.2. The average Bonchev–Trinajstić information content (AvgIpc) is 2.65. The van der Waals surface area contributed by atoms with Crippen LogP contribution in [0.4, 0.5) is 5.69 Å². The fourth-order valence-electron chi connectivity index (χ4n) is 2.92. The fourth-order valence-corrected chi connectivity index (χ4v) is 2.92. The Morgan fingerprint density at radius 1 is 1.25 bits per heavy atom. The van der Waals surface area contributed by atoms with Crippen LogP contribution in [0, 0.1) is 12.8 Å². The Hall–Kier alpha value is -2.87. The highest BCUT2D eigenvalue weighted by molar-refractivity contribution is 6.03. The molecule has 0 aromatic heterocycles. The molecule has 0 bridgehead atoms. The lowest BCUT2D eigenvalue weighted by Gasteiger charge is -2.39. The van der Waals surface area contributed by atoms with E-state index in [2.05, 4.69) is 5.32 Å². The van der Waals surface area contributed by atoms with Crippen molar-refractivity contribution < 1.29 is 24.0 Å². The molecule has 8 heteroatoms. The van der Waals surface area contributed by atoms with Gasteiger partial charge in [-0.2, -0.15) is 0 Å². The van der Waals surface area contributed by atoms with Gasteiger partial charge >= 0.3 is 0 Å². The molecule has 1 heterocycles. The summed E-state index contributed by atoms with van der Waals surface area (Å²) in [6.45, 7) is 2.95. The van der Waals surface area contributed by atoms with Crippen molar-refractivity contribution in [3.63, 3.8) is 0 Å². The van der Waals surface area contributed by atoms with E-state index >= 15 is 0 Å². The Morgan fingerprint density at radius 3 is 2.39 bits per heavy atom. The zero-order valence-electron chi connectivity index (χ0n) is 16.5. The van der Waals surface area contributed by atoms with Crippen LogP contribution in [0.2, 0.25) is 0 Å². The van der Waals surface area contributed by atoms with E-state index in [-0.39, 0.29) is 18.8 Å². The number of nitrogens with zero attached hydrogens (tertiary/aromatic N) is 2. The van der Waals surface area contributed by atoms with E-state index in [9.17, 15) is 24.0 Å². The summed E-state index contributed by atoms with van der Waals surface area (Å²) in [4.78, 5) is 59.4. The van der Waals surface area contributed by atoms with Gasteiger partial charge in [-0.1, -0.05) is 6.07 Å². The van der Waals surface area contributed by atoms with Gasteiger partial charge in [0, 0.05) is 36.7 Å². The molecule has 1 saturated heterocycles. The first-order chi connectivity index (χ1) is 13.5. The third-order valence-electron chi connectivity index (χ3n) is 4.42. The summed E-state index contributed by atoms with van der Waals surface area (Å²) in [5.74, 6) is -0.585. The van der Waals surface area contributed by atoms with Crippen LogP contribution in [0.5, 0.6) is 0 Å². The lowest BCUT2D eigenvalue weighted by atomic mass is 9.97. The second-order valence-corrected chi connectivity index (χ2v) is 6.52. The molecule has 1 fully saturated rings. The van der Waals surface area contributed by atoms with Gasteiger partial charge in [-0.15, -0.1) is 0 Å². The number of benzene rings is 1. The van der Waals surface area contributed by atoms with Crippen LogP contribution < -0.4 is 10.2 Å². The van der Waals surface area contributed by atoms with Crippen LogP contribution in [-0.2, 0) is 19.2 Å². The zero-order chi connectivity index (χ0) is 21.1. The van der Waals surface area contributed by atoms with Crippen LogP contribution in [0.25, 0.3) is 0 Å². The lowest BCUT2D eigenvalue weighted by Crippen LogP contribution is -2.48. The van der Waals surface area contributed by atoms with Crippen LogP contribution >= 0.6 is 0 Å². The van der Waals surface area contributed by atoms with Gasteiger partial charge in [-0.3, -0.25) is 14.5 Å². The normalized spacial score (nSPS) is 14.0. The molecule has 1 atom stereocenters. The summed E-state index contributed by atoms with van der Waals surface area (Å²) < 4.78 is 0. The van der Waals surface area contributed by atoms with E-state index in [4.69, 9.17) is 0 Å². The monoisotopic (exact) mass is 389 g/mol. The molecule has 1 aromatic carbocycles. The Morgan fingerprint density at radius 2 is 1.89 bits per heavy atom. The summed E-state index contributed by atoms with van der Waals surface area (Å²) in [5, 5.41) is 2.75. The molecule has 0 saturated carbocycles. The molecule has 1 unspecified atom stereocenters. The maximum atomic E-state index is 12.7. The van der Waals surface area contributed by atoms with Gasteiger partial charge in [0.2, 0.25) is 6.41 Å². The summed E-state index contributed by atoms with van der Waals surface area (Å²) in [6, 6.07) is 4.17. The minimum Gasteiger partial charge on any atom is -0.370 e. The first-order valence-electron chi connectivity index (χ1n) is 9.04. The third-order valence-corrected chi connectivity index (χ3v) is 4.42. The van der Waals surface area contributed by atoms with Crippen LogP contribution in [0.3, 0.4) is 0 Å². The fraction of sp³-hybridized carbons (Fsp3) is 0.450. The number of carbonyl (C=O) groups excluding carboxylic acids is 5. The Kier molecular flexibility index (Phi) is 9.73. The molecule has 152 valence electrons. The minimum atomic E-state index is -0.971. The number of anilines is 1. The molecule has 28 heavy (non-hydrogen) atoms. The quantitative estimate of drug-likeness (QED) is 0.617. The third kappa shape index (κ3) is 5.56. The highest BCUT2D eigenvalue weighted by Crippen LogP contribution is 2.29. The number of carbonyl (C=O) groups is 5. The molecule has 0 spiro atoms. The second-order valence-electron chi connectivity index (χ2n) is 6.52. The molecule has 1 N–H and O–H groups in total. The standard InChI is InChI=1S/C18H20N2O5.C2H7N/c1-13-16(5-2-6-17(13)19-8-14(9-19)10-22)18(25)20(12-24)15(11-23)4-3-7-21;1-3-2/h2,5-7,10-12,14-15H,3-4,8-9H2,1H3;3H,1-2H3. The highest BCUT2D eigenvalue weighted by atomic mass is 16.2. The lowest BCUT2D eigenvalue weighted by molar-refractivity contribution is -0.123. The van der Waals surface area contributed by atoms with Crippen molar-refractivity contribution in [2.45, 2.75) is 25.8 Å². The zero-order valence-corrected chi connectivity index (χ0v) is 16.5. The van der Waals surface area contributed by atoms with Crippen molar-refractivity contribution in [3.05, 3.63) is 29.3 Å². The van der Waals surface area contributed by atoms with Crippen LogP contribution in [-0.4, -0.2) is 69.3 Å². The van der Waals surface area contributed by atoms with Gasteiger partial charge in [0.15, 0.2) is 0 Å². The summed E-state index contributed by atoms with van der Waals surface area (Å²) in [7, 11) is 3.75. The Bertz CT molecular complexity index is 701. The Balaban J connectivity index is 0.00000122. The number of nitrogens with one attached hydrogen (secondary N) is 1. The van der Waals surface area contributed by atoms with Gasteiger partial charge in [0.05, 0.1) is 6.04 Å². The molecule has 1 aromatic rings. The SMILES string of the molecule is CNC.Cc1c(C(=O)N(C=O)C(C=O)CCC=O)cccc1N1CC(C=O)C1. The number of amides is 2. The van der Waals surface area contributed by atoms with E-state index in [1.54, 1.807) is 19.1 Å². The number of imide groups is 1. The molecule has 0 aliphatic carbocycles. The van der Waals surface area contributed by atoms with E-state index in [0.717, 1.165) is 16.9 Å². The largest absolute Gasteiger partial charge is 0.370 e. The van der Waals surface area contributed by atoms with Crippen molar-refractivity contribution in [3.8, 4) is 0 Å². The van der Waals surface area contributed by atoms with Crippen LogP contribution in [0.1, 0.15) is 28.8 Å². The van der Waals surface area contributed by atoms with E-state index in [1.165, 1.54) is 0 Å². The number of rotatable bonds is 9. The van der Waals surface area contributed by atoms with Crippen molar-refractivity contribution in [1.82, 2.24) is 10.2 Å². The van der Waals surface area contributed by atoms with Gasteiger partial charge < -0.3 is 24.6 Å². The molecule has 8 nitrogen and oxygen atoms in total. The Labute approximate surface area is 164 Å². The number of aldehydes is 3. The predicted octanol–water partition coefficient (Wildman–Crippen LogP) is 0.611. The van der Waals surface area contributed by atoms with Gasteiger partial charge in [-0.05, 0) is 45.1 Å². The number of hydrogen-bond acceptors (Lipinski definition) is 7. The highest BCUT2D eigenvalue weighted by Gasteiger charge is 2.30. The van der Waals surface area contributed by atoms with Crippen molar-refractivity contribution in [1.29, 1.82) is 0 Å². The smallest absolute Gasteiger partial charge is 0.261 e. The number of hydrogen-bond donors (Lipinski definition) is 1. The van der Waals surface area contributed by atoms with Gasteiger partial charge in [0.25, 0.3) is 5.91 Å². The minimum absolute atomic E-state index is 0.00647. The molecule has 1 aliphatic rings. The van der Waals surface area contributed by atoms with E-state index < -0.39 is 11.9 Å². The second kappa shape index (κ2) is 11.8. The van der Waals surface area contributed by atoms with Crippen molar-refractivity contribution >= 4 is 36.9 Å².